The number of ether oxygens (including phenoxy) is 2. The zero-order valence-corrected chi connectivity index (χ0v) is 14.3. The van der Waals surface area contributed by atoms with Gasteiger partial charge >= 0.3 is 0 Å². The van der Waals surface area contributed by atoms with E-state index in [-0.39, 0.29) is 17.0 Å². The number of Topliss-reactive ketones (excluding diaryl/α,β-unsaturated/α-hetero) is 1. The number of carbonyl (C=O) groups is 1. The van der Waals surface area contributed by atoms with E-state index >= 15 is 0 Å². The van der Waals surface area contributed by atoms with Crippen molar-refractivity contribution in [3.05, 3.63) is 53.3 Å². The fraction of sp³-hybridized carbons (Fsp3) is 0.300. The summed E-state index contributed by atoms with van der Waals surface area (Å²) in [5.41, 5.74) is 1.03. The topological polar surface area (TPSA) is 47.9 Å². The maximum absolute atomic E-state index is 14.3. The summed E-state index contributed by atoms with van der Waals surface area (Å²) < 4.78 is 25.3. The maximum Gasteiger partial charge on any atom is 0.180 e. The Morgan fingerprint density at radius 3 is 2.52 bits per heavy atom. The van der Waals surface area contributed by atoms with Crippen LogP contribution in [0.2, 0.25) is 0 Å². The van der Waals surface area contributed by atoms with E-state index in [1.807, 2.05) is 13.8 Å². The number of hydrogen-bond acceptors (Lipinski definition) is 4. The Labute approximate surface area is 146 Å². The minimum absolute atomic E-state index is 0.00464. The lowest BCUT2D eigenvalue weighted by atomic mass is 9.88. The molecule has 130 valence electrons. The lowest BCUT2D eigenvalue weighted by Gasteiger charge is -2.20. The molecule has 0 fully saturated rings. The minimum atomic E-state index is -0.612. The second-order valence-corrected chi connectivity index (χ2v) is 5.74. The molecule has 0 aliphatic carbocycles. The van der Waals surface area contributed by atoms with Gasteiger partial charge in [0.25, 0.3) is 0 Å². The van der Waals surface area contributed by atoms with Gasteiger partial charge in [0, 0.05) is 6.21 Å². The Hall–Kier alpha value is -2.69. The van der Waals surface area contributed by atoms with Crippen molar-refractivity contribution < 1.29 is 18.7 Å². The van der Waals surface area contributed by atoms with Crippen LogP contribution in [0, 0.1) is 5.82 Å². The molecule has 0 aromatic heterocycles. The van der Waals surface area contributed by atoms with E-state index in [0.717, 1.165) is 17.7 Å². The van der Waals surface area contributed by atoms with Crippen LogP contribution >= 0.6 is 0 Å². The predicted octanol–water partition coefficient (Wildman–Crippen LogP) is 4.70. The standard InChI is InChI=1S/C20H20FNO3/c1-3-11-25-17-10-9-16(21)18-19(17)22-12-15(20(18)23)13-5-7-14(8-6-13)24-4-2/h5-10,12,15H,3-4,11H2,1-2H3. The third-order valence-corrected chi connectivity index (χ3v) is 3.98. The highest BCUT2D eigenvalue weighted by molar-refractivity contribution is 6.16. The van der Waals surface area contributed by atoms with Gasteiger partial charge in [-0.05, 0) is 43.2 Å². The molecule has 5 heteroatoms. The van der Waals surface area contributed by atoms with E-state index in [0.29, 0.717) is 19.0 Å². The molecule has 1 aliphatic rings. The van der Waals surface area contributed by atoms with Crippen molar-refractivity contribution >= 4 is 17.7 Å². The first kappa shape index (κ1) is 17.1. The van der Waals surface area contributed by atoms with Crippen molar-refractivity contribution in [2.24, 2.45) is 4.99 Å². The molecular formula is C20H20FNO3. The molecule has 0 N–H and O–H groups in total. The highest BCUT2D eigenvalue weighted by Crippen LogP contribution is 2.39. The Balaban J connectivity index is 1.94. The van der Waals surface area contributed by atoms with E-state index in [2.05, 4.69) is 4.99 Å². The SMILES string of the molecule is CCCOc1ccc(F)c2c1N=CC(c1ccc(OCC)cc1)C2=O. The molecule has 1 unspecified atom stereocenters. The number of hydrogen-bond donors (Lipinski definition) is 0. The predicted molar refractivity (Wildman–Crippen MR) is 95.0 cm³/mol. The summed E-state index contributed by atoms with van der Waals surface area (Å²) in [6.45, 7) is 4.95. The monoisotopic (exact) mass is 341 g/mol. The van der Waals surface area contributed by atoms with Crippen LogP contribution in [0.4, 0.5) is 10.1 Å². The molecule has 2 aromatic rings. The number of carbonyl (C=O) groups excluding carboxylic acids is 1. The minimum Gasteiger partial charge on any atom is -0.494 e. The summed E-state index contributed by atoms with van der Waals surface area (Å²) in [5, 5.41) is 0. The first-order valence-electron chi connectivity index (χ1n) is 8.42. The third-order valence-electron chi connectivity index (χ3n) is 3.98. The first-order chi connectivity index (χ1) is 12.2. The summed E-state index contributed by atoms with van der Waals surface area (Å²) in [6, 6.07) is 9.99. The molecular weight excluding hydrogens is 321 g/mol. The van der Waals surface area contributed by atoms with Gasteiger partial charge in [-0.1, -0.05) is 19.1 Å². The van der Waals surface area contributed by atoms with E-state index < -0.39 is 11.7 Å². The van der Waals surface area contributed by atoms with Crippen molar-refractivity contribution in [1.29, 1.82) is 0 Å². The second kappa shape index (κ2) is 7.47. The first-order valence-corrected chi connectivity index (χ1v) is 8.42. The Morgan fingerprint density at radius 2 is 1.84 bits per heavy atom. The Morgan fingerprint density at radius 1 is 1.08 bits per heavy atom. The summed E-state index contributed by atoms with van der Waals surface area (Å²) in [7, 11) is 0. The third kappa shape index (κ3) is 3.40. The molecule has 25 heavy (non-hydrogen) atoms. The Bertz CT molecular complexity index is 799. The average molecular weight is 341 g/mol. The smallest absolute Gasteiger partial charge is 0.180 e. The summed E-state index contributed by atoms with van der Waals surface area (Å²) in [4.78, 5) is 17.2. The molecule has 1 aliphatic heterocycles. The molecule has 0 spiro atoms. The van der Waals surface area contributed by atoms with Gasteiger partial charge < -0.3 is 9.47 Å². The summed E-state index contributed by atoms with van der Waals surface area (Å²) in [6.07, 6.45) is 2.37. The van der Waals surface area contributed by atoms with Gasteiger partial charge in [0.15, 0.2) is 5.78 Å². The van der Waals surface area contributed by atoms with Crippen LogP contribution in [0.15, 0.2) is 41.4 Å². The average Bonchev–Trinajstić information content (AvgIpc) is 2.62. The number of fused-ring (bicyclic) bond motifs is 1. The van der Waals surface area contributed by atoms with Crippen LogP contribution in [0.25, 0.3) is 0 Å². The van der Waals surface area contributed by atoms with E-state index in [1.165, 1.54) is 12.1 Å². The van der Waals surface area contributed by atoms with Gasteiger partial charge in [-0.25, -0.2) is 4.39 Å². The largest absolute Gasteiger partial charge is 0.494 e. The van der Waals surface area contributed by atoms with Gasteiger partial charge in [-0.2, -0.15) is 0 Å². The molecule has 1 heterocycles. The van der Waals surface area contributed by atoms with Crippen LogP contribution in [0.1, 0.15) is 42.1 Å². The highest BCUT2D eigenvalue weighted by atomic mass is 19.1. The lowest BCUT2D eigenvalue weighted by Crippen LogP contribution is -2.19. The van der Waals surface area contributed by atoms with Crippen LogP contribution in [-0.4, -0.2) is 25.2 Å². The molecule has 0 saturated heterocycles. The number of halogens is 1. The van der Waals surface area contributed by atoms with Crippen molar-refractivity contribution in [1.82, 2.24) is 0 Å². The molecule has 0 bridgehead atoms. The summed E-state index contributed by atoms with van der Waals surface area (Å²) in [5.74, 6) is -0.328. The van der Waals surface area contributed by atoms with Crippen molar-refractivity contribution in [3.63, 3.8) is 0 Å². The van der Waals surface area contributed by atoms with Crippen molar-refractivity contribution in [2.45, 2.75) is 26.2 Å². The van der Waals surface area contributed by atoms with Crippen molar-refractivity contribution in [3.8, 4) is 11.5 Å². The van der Waals surface area contributed by atoms with Gasteiger partial charge in [-0.3, -0.25) is 9.79 Å². The molecule has 4 nitrogen and oxygen atoms in total. The zero-order chi connectivity index (χ0) is 17.8. The van der Waals surface area contributed by atoms with Crippen LogP contribution in [0.3, 0.4) is 0 Å². The van der Waals surface area contributed by atoms with Crippen LogP contribution in [-0.2, 0) is 0 Å². The fourth-order valence-electron chi connectivity index (χ4n) is 2.79. The summed E-state index contributed by atoms with van der Waals surface area (Å²) >= 11 is 0. The fourth-order valence-corrected chi connectivity index (χ4v) is 2.79. The quantitative estimate of drug-likeness (QED) is 0.765. The molecule has 1 atom stereocenters. The molecule has 0 saturated carbocycles. The normalized spacial score (nSPS) is 15.8. The van der Waals surface area contributed by atoms with Gasteiger partial charge in [0.05, 0.1) is 24.7 Å². The zero-order valence-electron chi connectivity index (χ0n) is 14.3. The van der Waals surface area contributed by atoms with Crippen molar-refractivity contribution in [2.75, 3.05) is 13.2 Å². The van der Waals surface area contributed by atoms with E-state index in [1.54, 1.807) is 30.5 Å². The number of benzene rings is 2. The molecule has 0 amide bonds. The second-order valence-electron chi connectivity index (χ2n) is 5.74. The number of nitrogens with zero attached hydrogens (tertiary/aromatic N) is 1. The van der Waals surface area contributed by atoms with Gasteiger partial charge in [0.1, 0.15) is 23.0 Å². The maximum atomic E-state index is 14.3. The number of aliphatic imine (C=N–C) groups is 1. The molecule has 2 aromatic carbocycles. The molecule has 0 radical (unpaired) electrons. The van der Waals surface area contributed by atoms with Crippen LogP contribution in [0.5, 0.6) is 11.5 Å². The van der Waals surface area contributed by atoms with E-state index in [9.17, 15) is 9.18 Å². The highest BCUT2D eigenvalue weighted by Gasteiger charge is 2.31. The van der Waals surface area contributed by atoms with Gasteiger partial charge in [0.2, 0.25) is 0 Å². The number of ketones is 1. The number of rotatable bonds is 6. The molecule has 3 rings (SSSR count). The van der Waals surface area contributed by atoms with Gasteiger partial charge in [-0.15, -0.1) is 0 Å². The Kier molecular flexibility index (Phi) is 5.12. The lowest BCUT2D eigenvalue weighted by molar-refractivity contribution is 0.0978. The van der Waals surface area contributed by atoms with Crippen LogP contribution < -0.4 is 9.47 Å². The van der Waals surface area contributed by atoms with E-state index in [4.69, 9.17) is 9.47 Å².